The smallest absolute Gasteiger partial charge is 0.307 e. The van der Waals surface area contributed by atoms with Gasteiger partial charge >= 0.3 is 5.97 Å². The maximum atomic E-state index is 11.2. The molecule has 2 heterocycles. The van der Waals surface area contributed by atoms with E-state index in [9.17, 15) is 4.79 Å². The molecule has 0 aliphatic heterocycles. The molecule has 0 saturated carbocycles. The molecule has 2 rings (SSSR count). The Morgan fingerprint density at radius 1 is 1.42 bits per heavy atom. The molecule has 0 spiro atoms. The molecule has 0 aliphatic carbocycles. The van der Waals surface area contributed by atoms with Crippen molar-refractivity contribution < 1.29 is 14.3 Å². The number of methoxy groups -OCH3 is 2. The number of fused-ring (bicyclic) bond motifs is 1. The van der Waals surface area contributed by atoms with E-state index in [0.29, 0.717) is 29.4 Å². The van der Waals surface area contributed by atoms with Gasteiger partial charge in [0.05, 0.1) is 26.5 Å². The second-order valence-corrected chi connectivity index (χ2v) is 3.96. The van der Waals surface area contributed by atoms with E-state index in [1.54, 1.807) is 4.57 Å². The summed E-state index contributed by atoms with van der Waals surface area (Å²) in [6.07, 6.45) is 1.60. The summed E-state index contributed by atoms with van der Waals surface area (Å²) in [4.78, 5) is 23.7. The standard InChI is InChI=1S/C11H13ClN4O3/c1-18-8(17)3-4-16-7(5-12)15-9-10(16)13-6-14-11(9)19-2/h6H,3-5H2,1-2H3. The fourth-order valence-electron chi connectivity index (χ4n) is 1.75. The molecule has 19 heavy (non-hydrogen) atoms. The fraction of sp³-hybridized carbons (Fsp3) is 0.455. The highest BCUT2D eigenvalue weighted by Gasteiger charge is 2.16. The summed E-state index contributed by atoms with van der Waals surface area (Å²) in [5.74, 6) is 0.900. The molecule has 0 atom stereocenters. The predicted octanol–water partition coefficient (Wildman–Crippen LogP) is 1.14. The third kappa shape index (κ3) is 2.60. The van der Waals surface area contributed by atoms with Crippen LogP contribution in [0.3, 0.4) is 0 Å². The second kappa shape index (κ2) is 5.83. The molecular formula is C11H13ClN4O3. The number of alkyl halides is 1. The number of nitrogens with zero attached hydrogens (tertiary/aromatic N) is 4. The van der Waals surface area contributed by atoms with Crippen molar-refractivity contribution in [3.63, 3.8) is 0 Å². The van der Waals surface area contributed by atoms with Crippen LogP contribution in [0.2, 0.25) is 0 Å². The van der Waals surface area contributed by atoms with E-state index in [1.165, 1.54) is 20.5 Å². The van der Waals surface area contributed by atoms with E-state index in [-0.39, 0.29) is 18.3 Å². The Balaban J connectivity index is 2.43. The van der Waals surface area contributed by atoms with Crippen molar-refractivity contribution in [1.29, 1.82) is 0 Å². The van der Waals surface area contributed by atoms with E-state index in [0.717, 1.165) is 0 Å². The van der Waals surface area contributed by atoms with Crippen molar-refractivity contribution in [2.24, 2.45) is 0 Å². The van der Waals surface area contributed by atoms with Gasteiger partial charge in [0.2, 0.25) is 5.88 Å². The number of carbonyl (C=O) groups is 1. The fourth-order valence-corrected chi connectivity index (χ4v) is 1.96. The van der Waals surface area contributed by atoms with E-state index in [4.69, 9.17) is 16.3 Å². The van der Waals surface area contributed by atoms with Gasteiger partial charge in [0.1, 0.15) is 12.2 Å². The molecular weight excluding hydrogens is 272 g/mol. The number of hydrogen-bond acceptors (Lipinski definition) is 6. The van der Waals surface area contributed by atoms with Crippen LogP contribution in [-0.2, 0) is 22.0 Å². The van der Waals surface area contributed by atoms with Crippen molar-refractivity contribution in [3.05, 3.63) is 12.2 Å². The summed E-state index contributed by atoms with van der Waals surface area (Å²) in [6.45, 7) is 0.394. The number of halogens is 1. The number of esters is 1. The molecule has 8 heteroatoms. The summed E-state index contributed by atoms with van der Waals surface area (Å²) < 4.78 is 11.5. The van der Waals surface area contributed by atoms with Gasteiger partial charge in [0.15, 0.2) is 11.2 Å². The van der Waals surface area contributed by atoms with Crippen LogP contribution >= 0.6 is 11.6 Å². The largest absolute Gasteiger partial charge is 0.479 e. The van der Waals surface area contributed by atoms with Gasteiger partial charge in [-0.15, -0.1) is 11.6 Å². The topological polar surface area (TPSA) is 79.1 Å². The van der Waals surface area contributed by atoms with Gasteiger partial charge < -0.3 is 14.0 Å². The quantitative estimate of drug-likeness (QED) is 0.605. The average molecular weight is 285 g/mol. The lowest BCUT2D eigenvalue weighted by Gasteiger charge is -2.05. The van der Waals surface area contributed by atoms with Crippen molar-refractivity contribution >= 4 is 28.7 Å². The maximum Gasteiger partial charge on any atom is 0.307 e. The van der Waals surface area contributed by atoms with Gasteiger partial charge in [-0.25, -0.2) is 9.97 Å². The zero-order chi connectivity index (χ0) is 13.8. The number of rotatable bonds is 5. The van der Waals surface area contributed by atoms with Crippen LogP contribution in [-0.4, -0.2) is 39.7 Å². The van der Waals surface area contributed by atoms with Crippen LogP contribution in [0.1, 0.15) is 12.2 Å². The normalized spacial score (nSPS) is 10.7. The van der Waals surface area contributed by atoms with Gasteiger partial charge in [-0.3, -0.25) is 4.79 Å². The van der Waals surface area contributed by atoms with E-state index >= 15 is 0 Å². The van der Waals surface area contributed by atoms with Crippen LogP contribution in [0.5, 0.6) is 5.88 Å². The number of ether oxygens (including phenoxy) is 2. The van der Waals surface area contributed by atoms with Crippen molar-refractivity contribution in [2.45, 2.75) is 18.8 Å². The van der Waals surface area contributed by atoms with Crippen molar-refractivity contribution in [1.82, 2.24) is 19.5 Å². The first kappa shape index (κ1) is 13.5. The molecule has 0 aliphatic rings. The number of hydrogen-bond donors (Lipinski definition) is 0. The highest BCUT2D eigenvalue weighted by molar-refractivity contribution is 6.16. The minimum Gasteiger partial charge on any atom is -0.479 e. The minimum absolute atomic E-state index is 0.209. The van der Waals surface area contributed by atoms with Crippen molar-refractivity contribution in [2.75, 3.05) is 14.2 Å². The lowest BCUT2D eigenvalue weighted by atomic mass is 10.4. The second-order valence-electron chi connectivity index (χ2n) is 3.69. The summed E-state index contributed by atoms with van der Waals surface area (Å²) >= 11 is 5.86. The highest BCUT2D eigenvalue weighted by atomic mass is 35.5. The third-order valence-corrected chi connectivity index (χ3v) is 2.90. The van der Waals surface area contributed by atoms with Gasteiger partial charge in [0.25, 0.3) is 0 Å². The first-order chi connectivity index (χ1) is 9.21. The number of aryl methyl sites for hydroxylation is 1. The van der Waals surface area contributed by atoms with Gasteiger partial charge in [-0.2, -0.15) is 4.98 Å². The Morgan fingerprint density at radius 3 is 2.84 bits per heavy atom. The van der Waals surface area contributed by atoms with Gasteiger partial charge in [-0.1, -0.05) is 0 Å². The average Bonchev–Trinajstić information content (AvgIpc) is 2.82. The minimum atomic E-state index is -0.302. The molecule has 0 saturated heterocycles. The van der Waals surface area contributed by atoms with Crippen LogP contribution in [0.4, 0.5) is 0 Å². The maximum absolute atomic E-state index is 11.2. The SMILES string of the molecule is COC(=O)CCn1c(CCl)nc2c(OC)ncnc21. The zero-order valence-electron chi connectivity index (χ0n) is 10.6. The lowest BCUT2D eigenvalue weighted by molar-refractivity contribution is -0.140. The molecule has 7 nitrogen and oxygen atoms in total. The van der Waals surface area contributed by atoms with E-state index in [2.05, 4.69) is 19.7 Å². The van der Waals surface area contributed by atoms with Gasteiger partial charge in [0, 0.05) is 6.54 Å². The van der Waals surface area contributed by atoms with Crippen LogP contribution in [0, 0.1) is 0 Å². The molecule has 2 aromatic rings. The Kier molecular flexibility index (Phi) is 4.16. The highest BCUT2D eigenvalue weighted by Crippen LogP contribution is 2.22. The van der Waals surface area contributed by atoms with Crippen LogP contribution < -0.4 is 4.74 Å². The molecule has 0 radical (unpaired) electrons. The zero-order valence-corrected chi connectivity index (χ0v) is 11.3. The molecule has 0 aromatic carbocycles. The molecule has 0 bridgehead atoms. The summed E-state index contributed by atoms with van der Waals surface area (Å²) in [5.41, 5.74) is 1.12. The monoisotopic (exact) mass is 284 g/mol. The Bertz CT molecular complexity index is 599. The summed E-state index contributed by atoms with van der Waals surface area (Å²) in [5, 5.41) is 0. The Morgan fingerprint density at radius 2 is 2.21 bits per heavy atom. The molecule has 0 fully saturated rings. The number of aromatic nitrogens is 4. The number of imidazole rings is 1. The first-order valence-electron chi connectivity index (χ1n) is 5.58. The Labute approximate surface area is 114 Å². The lowest BCUT2D eigenvalue weighted by Crippen LogP contribution is -2.09. The van der Waals surface area contributed by atoms with Crippen LogP contribution in [0.25, 0.3) is 11.2 Å². The van der Waals surface area contributed by atoms with Gasteiger partial charge in [-0.05, 0) is 0 Å². The Hall–Kier alpha value is -1.89. The summed E-state index contributed by atoms with van der Waals surface area (Å²) in [7, 11) is 2.86. The molecule has 2 aromatic heterocycles. The molecule has 0 unspecified atom stereocenters. The van der Waals surface area contributed by atoms with Crippen molar-refractivity contribution in [3.8, 4) is 5.88 Å². The number of carbonyl (C=O) groups excluding carboxylic acids is 1. The van der Waals surface area contributed by atoms with E-state index in [1.807, 2.05) is 0 Å². The van der Waals surface area contributed by atoms with E-state index < -0.39 is 0 Å². The molecule has 0 N–H and O–H groups in total. The predicted molar refractivity (Wildman–Crippen MR) is 68.1 cm³/mol. The molecule has 102 valence electrons. The summed E-state index contributed by atoms with van der Waals surface area (Å²) in [6, 6.07) is 0. The first-order valence-corrected chi connectivity index (χ1v) is 6.11. The van der Waals surface area contributed by atoms with Crippen LogP contribution in [0.15, 0.2) is 6.33 Å². The third-order valence-electron chi connectivity index (χ3n) is 2.66. The molecule has 0 amide bonds.